The predicted molar refractivity (Wildman–Crippen MR) is 112 cm³/mol. The Bertz CT molecular complexity index is 741. The minimum absolute atomic E-state index is 0. The average molecular weight is 411 g/mol. The van der Waals surface area contributed by atoms with Gasteiger partial charge in [-0.15, -0.1) is 24.8 Å². The number of nitrogens with two attached hydrogens (primary N) is 1. The van der Waals surface area contributed by atoms with E-state index < -0.39 is 0 Å². The molecule has 3 rings (SSSR count). The van der Waals surface area contributed by atoms with Crippen molar-refractivity contribution in [3.05, 3.63) is 54.4 Å². The number of carbonyl (C=O) groups is 2. The van der Waals surface area contributed by atoms with Gasteiger partial charge in [0.1, 0.15) is 0 Å². The minimum Gasteiger partial charge on any atom is -0.328 e. The molecule has 0 radical (unpaired) electrons. The second kappa shape index (κ2) is 10.9. The van der Waals surface area contributed by atoms with Gasteiger partial charge in [0.2, 0.25) is 5.91 Å². The first-order valence-electron chi connectivity index (χ1n) is 8.50. The molecule has 8 heteroatoms. The number of benzene rings is 1. The zero-order valence-electron chi connectivity index (χ0n) is 14.8. The maximum absolute atomic E-state index is 12.3. The van der Waals surface area contributed by atoms with Crippen LogP contribution >= 0.6 is 24.8 Å². The van der Waals surface area contributed by atoms with Crippen LogP contribution < -0.4 is 16.4 Å². The summed E-state index contributed by atoms with van der Waals surface area (Å²) in [4.78, 5) is 28.5. The van der Waals surface area contributed by atoms with Crippen molar-refractivity contribution in [1.82, 2.24) is 4.98 Å². The summed E-state index contributed by atoms with van der Waals surface area (Å²) in [7, 11) is 0. The smallest absolute Gasteiger partial charge is 0.255 e. The van der Waals surface area contributed by atoms with Crippen LogP contribution in [0.4, 0.5) is 11.4 Å². The maximum Gasteiger partial charge on any atom is 0.255 e. The Hall–Kier alpha value is -2.15. The number of halogens is 2. The summed E-state index contributed by atoms with van der Waals surface area (Å²) in [5.41, 5.74) is 7.78. The number of carbonyl (C=O) groups excluding carboxylic acids is 2. The zero-order chi connectivity index (χ0) is 17.6. The van der Waals surface area contributed by atoms with Gasteiger partial charge in [-0.1, -0.05) is 6.42 Å². The molecule has 1 aromatic carbocycles. The van der Waals surface area contributed by atoms with E-state index in [0.717, 1.165) is 25.7 Å². The van der Waals surface area contributed by atoms with E-state index in [0.29, 0.717) is 16.9 Å². The van der Waals surface area contributed by atoms with Gasteiger partial charge in [-0.25, -0.2) is 0 Å². The van der Waals surface area contributed by atoms with Crippen LogP contribution in [0, 0.1) is 5.92 Å². The van der Waals surface area contributed by atoms with Crippen LogP contribution in [0.15, 0.2) is 48.8 Å². The lowest BCUT2D eigenvalue weighted by molar-refractivity contribution is -0.120. The summed E-state index contributed by atoms with van der Waals surface area (Å²) in [6.07, 6.45) is 6.83. The number of hydrogen-bond acceptors (Lipinski definition) is 4. The van der Waals surface area contributed by atoms with E-state index in [1.165, 1.54) is 0 Å². The molecular formula is C19H24Cl2N4O2. The first kappa shape index (κ1) is 22.9. The first-order chi connectivity index (χ1) is 12.1. The molecule has 0 aliphatic heterocycles. The summed E-state index contributed by atoms with van der Waals surface area (Å²) in [5, 5.41) is 5.68. The van der Waals surface area contributed by atoms with Crippen LogP contribution in [0.2, 0.25) is 0 Å². The molecule has 2 amide bonds. The van der Waals surface area contributed by atoms with E-state index in [1.807, 2.05) is 0 Å². The Morgan fingerprint density at radius 2 is 1.74 bits per heavy atom. The molecule has 2 aromatic rings. The standard InChI is InChI=1S/C19H22N4O2.2ClH/c20-15-4-1-3-14(11-15)19(25)22-16-8-6-13(7-9-16)18(24)23-17-5-2-10-21-12-17;;/h2,5-10,12,14-15H,1,3-4,11,20H2,(H,22,25)(H,23,24);2*1H. The number of nitrogens with one attached hydrogen (secondary N) is 2. The third kappa shape index (κ3) is 6.50. The van der Waals surface area contributed by atoms with Gasteiger partial charge in [0.15, 0.2) is 0 Å². The van der Waals surface area contributed by atoms with Crippen molar-refractivity contribution < 1.29 is 9.59 Å². The Labute approximate surface area is 171 Å². The second-order valence-electron chi connectivity index (χ2n) is 6.39. The number of anilines is 2. The van der Waals surface area contributed by atoms with E-state index in [4.69, 9.17) is 5.73 Å². The van der Waals surface area contributed by atoms with Gasteiger partial charge in [0.25, 0.3) is 5.91 Å². The normalized spacial score (nSPS) is 18.4. The monoisotopic (exact) mass is 410 g/mol. The Morgan fingerprint density at radius 1 is 1.00 bits per heavy atom. The molecule has 1 heterocycles. The Morgan fingerprint density at radius 3 is 2.37 bits per heavy atom. The van der Waals surface area contributed by atoms with Gasteiger partial charge in [0.05, 0.1) is 11.9 Å². The van der Waals surface area contributed by atoms with Crippen molar-refractivity contribution >= 4 is 48.0 Å². The molecule has 2 atom stereocenters. The molecule has 1 aliphatic carbocycles. The highest BCUT2D eigenvalue weighted by molar-refractivity contribution is 6.04. The molecule has 1 fully saturated rings. The maximum atomic E-state index is 12.3. The van der Waals surface area contributed by atoms with Crippen LogP contribution in [-0.4, -0.2) is 22.8 Å². The number of hydrogen-bond donors (Lipinski definition) is 3. The highest BCUT2D eigenvalue weighted by atomic mass is 35.5. The van der Waals surface area contributed by atoms with Crippen molar-refractivity contribution in [2.45, 2.75) is 31.7 Å². The first-order valence-corrected chi connectivity index (χ1v) is 8.50. The summed E-state index contributed by atoms with van der Waals surface area (Å²) in [6, 6.07) is 10.5. The Balaban J connectivity index is 0.00000182. The summed E-state index contributed by atoms with van der Waals surface area (Å²) >= 11 is 0. The van der Waals surface area contributed by atoms with E-state index in [9.17, 15) is 9.59 Å². The second-order valence-corrected chi connectivity index (χ2v) is 6.39. The van der Waals surface area contributed by atoms with Crippen LogP contribution in [0.25, 0.3) is 0 Å². The molecule has 2 unspecified atom stereocenters. The van der Waals surface area contributed by atoms with Crippen LogP contribution in [0.1, 0.15) is 36.0 Å². The lowest BCUT2D eigenvalue weighted by Crippen LogP contribution is -2.34. The molecular weight excluding hydrogens is 387 g/mol. The number of pyridine rings is 1. The molecule has 6 nitrogen and oxygen atoms in total. The number of rotatable bonds is 4. The van der Waals surface area contributed by atoms with Crippen molar-refractivity contribution in [2.75, 3.05) is 10.6 Å². The van der Waals surface area contributed by atoms with E-state index in [-0.39, 0.29) is 48.6 Å². The van der Waals surface area contributed by atoms with E-state index >= 15 is 0 Å². The number of aromatic nitrogens is 1. The van der Waals surface area contributed by atoms with E-state index in [1.54, 1.807) is 48.8 Å². The van der Waals surface area contributed by atoms with Gasteiger partial charge in [-0.3, -0.25) is 14.6 Å². The highest BCUT2D eigenvalue weighted by Crippen LogP contribution is 2.24. The number of nitrogens with zero attached hydrogens (tertiary/aromatic N) is 1. The molecule has 27 heavy (non-hydrogen) atoms. The summed E-state index contributed by atoms with van der Waals surface area (Å²) < 4.78 is 0. The molecule has 0 spiro atoms. The highest BCUT2D eigenvalue weighted by Gasteiger charge is 2.25. The molecule has 146 valence electrons. The summed E-state index contributed by atoms with van der Waals surface area (Å²) in [6.45, 7) is 0. The topological polar surface area (TPSA) is 97.1 Å². The van der Waals surface area contributed by atoms with Crippen molar-refractivity contribution in [1.29, 1.82) is 0 Å². The quantitative estimate of drug-likeness (QED) is 0.716. The van der Waals surface area contributed by atoms with Gasteiger partial charge in [-0.2, -0.15) is 0 Å². The summed E-state index contributed by atoms with van der Waals surface area (Å²) in [5.74, 6) is -0.246. The van der Waals surface area contributed by atoms with Gasteiger partial charge in [-0.05, 0) is 55.7 Å². The van der Waals surface area contributed by atoms with Crippen LogP contribution in [0.5, 0.6) is 0 Å². The van der Waals surface area contributed by atoms with Crippen LogP contribution in [0.3, 0.4) is 0 Å². The fourth-order valence-electron chi connectivity index (χ4n) is 3.05. The fraction of sp³-hybridized carbons (Fsp3) is 0.316. The SMILES string of the molecule is Cl.Cl.NC1CCCC(C(=O)Nc2ccc(C(=O)Nc3cccnc3)cc2)C1. The molecule has 4 N–H and O–H groups in total. The average Bonchev–Trinajstić information content (AvgIpc) is 2.63. The molecule has 0 saturated heterocycles. The predicted octanol–water partition coefficient (Wildman–Crippen LogP) is 3.63. The van der Waals surface area contributed by atoms with Gasteiger partial charge >= 0.3 is 0 Å². The van der Waals surface area contributed by atoms with Crippen molar-refractivity contribution in [3.8, 4) is 0 Å². The molecule has 1 saturated carbocycles. The van der Waals surface area contributed by atoms with Crippen molar-refractivity contribution in [2.24, 2.45) is 11.7 Å². The van der Waals surface area contributed by atoms with E-state index in [2.05, 4.69) is 15.6 Å². The zero-order valence-corrected chi connectivity index (χ0v) is 16.4. The number of amides is 2. The third-order valence-corrected chi connectivity index (χ3v) is 4.42. The van der Waals surface area contributed by atoms with Crippen molar-refractivity contribution in [3.63, 3.8) is 0 Å². The minimum atomic E-state index is -0.218. The molecule has 0 bridgehead atoms. The van der Waals surface area contributed by atoms with Crippen LogP contribution in [-0.2, 0) is 4.79 Å². The molecule has 1 aliphatic rings. The van der Waals surface area contributed by atoms with Gasteiger partial charge in [0, 0.05) is 29.4 Å². The Kier molecular flexibility index (Phi) is 9.21. The third-order valence-electron chi connectivity index (χ3n) is 4.42. The lowest BCUT2D eigenvalue weighted by atomic mass is 9.85. The molecule has 1 aromatic heterocycles. The van der Waals surface area contributed by atoms with Gasteiger partial charge < -0.3 is 16.4 Å². The lowest BCUT2D eigenvalue weighted by Gasteiger charge is -2.25. The fourth-order valence-corrected chi connectivity index (χ4v) is 3.05. The largest absolute Gasteiger partial charge is 0.328 e.